The molecule has 2 aromatic rings. The van der Waals surface area contributed by atoms with Crippen LogP contribution in [-0.4, -0.2) is 127 Å². The molecule has 300 valence electrons. The number of esters is 2. The van der Waals surface area contributed by atoms with Crippen LogP contribution in [0.4, 0.5) is 0 Å². The maximum atomic E-state index is 12.5. The van der Waals surface area contributed by atoms with Gasteiger partial charge in [0.15, 0.2) is 0 Å². The number of hydrogen-bond acceptors (Lipinski definition) is 22. The van der Waals surface area contributed by atoms with Gasteiger partial charge in [-0.05, 0) is 0 Å². The molecule has 22 nitrogen and oxygen atoms in total. The number of aliphatic hydroxyl groups is 4. The average molecular weight is 809 g/mol. The second-order valence-electron chi connectivity index (χ2n) is 12.6. The monoisotopic (exact) mass is 808 g/mol. The van der Waals surface area contributed by atoms with Gasteiger partial charge in [0, 0.05) is 0 Å². The predicted molar refractivity (Wildman–Crippen MR) is 179 cm³/mol. The van der Waals surface area contributed by atoms with Crippen LogP contribution >= 0.6 is 16.3 Å². The van der Waals surface area contributed by atoms with Crippen molar-refractivity contribution in [2.45, 2.75) is 73.5 Å². The van der Waals surface area contributed by atoms with E-state index in [0.29, 0.717) is 36.1 Å². The summed E-state index contributed by atoms with van der Waals surface area (Å²) in [5.41, 5.74) is 9.17. The molecule has 24 heteroatoms. The molecule has 6 heterocycles. The first-order valence-corrected chi connectivity index (χ1v) is 19.9. The van der Waals surface area contributed by atoms with E-state index < -0.39 is 102 Å². The molecule has 4 aliphatic rings. The van der Waals surface area contributed by atoms with Gasteiger partial charge < -0.3 is 0 Å². The van der Waals surface area contributed by atoms with Gasteiger partial charge in [-0.1, -0.05) is 0 Å². The molecule has 54 heavy (non-hydrogen) atoms. The fourth-order valence-electron chi connectivity index (χ4n) is 5.78. The molecule has 4 fully saturated rings. The second kappa shape index (κ2) is 16.7. The van der Waals surface area contributed by atoms with Crippen molar-refractivity contribution in [2.75, 3.05) is 26.4 Å². The third-order valence-electron chi connectivity index (χ3n) is 8.72. The quantitative estimate of drug-likeness (QED) is 0.0658. The summed E-state index contributed by atoms with van der Waals surface area (Å²) in [6.45, 7) is -1.37. The molecule has 0 amide bonds. The topological polar surface area (TPSA) is 326 Å². The van der Waals surface area contributed by atoms with Crippen LogP contribution in [0.5, 0.6) is 0 Å². The molecular formula is C30H42N4O18P2. The Morgan fingerprint density at radius 3 is 1.46 bits per heavy atom. The van der Waals surface area contributed by atoms with Crippen LogP contribution in [0.2, 0.25) is 0 Å². The van der Waals surface area contributed by atoms with Crippen molar-refractivity contribution < 1.29 is 85.9 Å². The molecule has 10 N–H and O–H groups in total. The molecule has 0 aromatic carbocycles. The molecular weight excluding hydrogens is 766 g/mol. The van der Waals surface area contributed by atoms with Crippen LogP contribution in [0.3, 0.4) is 0 Å². The van der Waals surface area contributed by atoms with Crippen LogP contribution < -0.4 is 11.5 Å². The minimum absolute atomic E-state index is 0.0767. The normalized spacial score (nSPS) is 37.4. The van der Waals surface area contributed by atoms with Gasteiger partial charge in [-0.3, -0.25) is 0 Å². The van der Waals surface area contributed by atoms with Gasteiger partial charge in [0.2, 0.25) is 0 Å². The molecule has 4 saturated heterocycles. The fourth-order valence-corrected chi connectivity index (χ4v) is 9.01. The Labute approximate surface area is 307 Å². The summed E-state index contributed by atoms with van der Waals surface area (Å²) in [7, 11) is -8.63. The summed E-state index contributed by atoms with van der Waals surface area (Å²) in [5.74, 6) is -2.54. The Hall–Kier alpha value is -2.80. The van der Waals surface area contributed by atoms with Gasteiger partial charge in [0.25, 0.3) is 0 Å². The van der Waals surface area contributed by atoms with Gasteiger partial charge in [-0.15, -0.1) is 0 Å². The molecule has 0 unspecified atom stereocenters. The van der Waals surface area contributed by atoms with E-state index in [1.807, 2.05) is 0 Å². The van der Waals surface area contributed by atoms with E-state index in [2.05, 4.69) is 9.97 Å². The van der Waals surface area contributed by atoms with Gasteiger partial charge in [0.05, 0.1) is 0 Å². The molecule has 10 atom stereocenters. The number of nitrogens with two attached hydrogens (primary N) is 2. The number of carbonyl (C=O) groups excluding carboxylic acids is 2. The Morgan fingerprint density at radius 2 is 1.09 bits per heavy atom. The van der Waals surface area contributed by atoms with E-state index in [1.54, 1.807) is 49.1 Å². The summed E-state index contributed by atoms with van der Waals surface area (Å²) in [4.78, 5) is 54.5. The van der Waals surface area contributed by atoms with Crippen LogP contribution in [0.15, 0.2) is 61.2 Å². The summed E-state index contributed by atoms with van der Waals surface area (Å²) in [5, 5.41) is 42.1. The summed E-state index contributed by atoms with van der Waals surface area (Å²) >= 11 is 0. The van der Waals surface area contributed by atoms with E-state index >= 15 is 0 Å². The summed E-state index contributed by atoms with van der Waals surface area (Å²) in [6, 6.07) is 6.77. The molecule has 0 bridgehead atoms. The maximum absolute atomic E-state index is 12.5. The Morgan fingerprint density at radius 1 is 0.722 bits per heavy atom. The van der Waals surface area contributed by atoms with Crippen molar-refractivity contribution in [3.05, 3.63) is 72.3 Å². The van der Waals surface area contributed by atoms with Crippen LogP contribution in [-0.2, 0) is 55.7 Å². The molecule has 0 aliphatic carbocycles. The van der Waals surface area contributed by atoms with Crippen LogP contribution in [0.1, 0.15) is 36.2 Å². The number of aromatic nitrogens is 2. The third kappa shape index (κ3) is 9.41. The average Bonchev–Trinajstić information content (AvgIpc) is 3.51. The van der Waals surface area contributed by atoms with Gasteiger partial charge in [-0.25, -0.2) is 0 Å². The summed E-state index contributed by atoms with van der Waals surface area (Å²) in [6.07, 6.45) is -4.34. The zero-order chi connectivity index (χ0) is 38.7. The van der Waals surface area contributed by atoms with Gasteiger partial charge >= 0.3 is 308 Å². The number of rotatable bonds is 12. The van der Waals surface area contributed by atoms with Crippen molar-refractivity contribution in [1.82, 2.24) is 9.97 Å². The number of hydrogen-bond donors (Lipinski definition) is 8. The Bertz CT molecular complexity index is 1520. The minimum atomic E-state index is -4.32. The van der Waals surface area contributed by atoms with E-state index in [-0.39, 0.29) is 13.2 Å². The van der Waals surface area contributed by atoms with Crippen molar-refractivity contribution >= 4 is 28.3 Å². The zero-order valence-electron chi connectivity index (χ0n) is 28.3. The number of aliphatic hydroxyl groups excluding tert-OH is 4. The number of carbonyl (C=O) groups is 2. The fraction of sp³-hybridized carbons (Fsp3) is 0.533. The Balaban J connectivity index is 0.968. The van der Waals surface area contributed by atoms with Gasteiger partial charge in [-0.2, -0.15) is 0 Å². The number of ether oxygens (including phenoxy) is 4. The zero-order valence-corrected chi connectivity index (χ0v) is 30.3. The third-order valence-corrected chi connectivity index (χ3v) is 12.0. The van der Waals surface area contributed by atoms with Crippen molar-refractivity contribution in [3.8, 4) is 0 Å². The first-order chi connectivity index (χ1) is 25.6. The van der Waals surface area contributed by atoms with E-state index in [9.17, 15) is 39.8 Å². The van der Waals surface area contributed by atoms with E-state index in [4.69, 9.17) is 57.6 Å². The molecule has 6 rings (SSSR count). The molecule has 0 spiro atoms. The Kier molecular flexibility index (Phi) is 12.7. The number of nitrogens with zero attached hydrogens (tertiary/aromatic N) is 2. The molecule has 0 radical (unpaired) electrons. The summed E-state index contributed by atoms with van der Waals surface area (Å²) < 4.78 is 53.5. The first kappa shape index (κ1) is 40.9. The van der Waals surface area contributed by atoms with Crippen LogP contribution in [0.25, 0.3) is 0 Å². The standard InChI is InChI=1S/C30H42N4O18P2/c31-29(15-45-53(41)43-13-7-19(51-53)17-3-9-33-10-4-17)25(39)23(37)27(49-29)47-21(35)1-2-22(36)48-28-24(38)26(40)30(32,50-28)16-46-54(42)44-14-8-20(52-54)18-5-11-34-12-6-18/h1-6,9-12,19-20,23-28,37-42,53-54H,7-8,13-16,31-32H2/b2-1-/t19-,20-,23-,24-,25-,26-,27+,28+,29+,30+/m0/s1. The number of pyridine rings is 2. The van der Waals surface area contributed by atoms with Crippen molar-refractivity contribution in [3.63, 3.8) is 0 Å². The first-order valence-electron chi connectivity index (χ1n) is 16.5. The molecule has 4 aliphatic heterocycles. The molecule has 2 aromatic heterocycles. The van der Waals surface area contributed by atoms with E-state index in [0.717, 1.165) is 0 Å². The second-order valence-corrected chi connectivity index (χ2v) is 16.4. The van der Waals surface area contributed by atoms with Crippen molar-refractivity contribution in [2.24, 2.45) is 11.5 Å². The SMILES string of the molecule is N[C@]1(CO[PH]2(O)OCC[C@@H](c3ccncc3)O2)O[C@@H](OC(=O)/C=C\C(=O)O[C@@H]2O[C@](N)(CO[PH]3(O)OCC[C@@H](c4ccncc4)O3)[C@@H](O)[C@@H]2O)[C@@H](O)[C@@H]1O. The molecule has 0 saturated carbocycles. The van der Waals surface area contributed by atoms with E-state index in [1.165, 1.54) is 0 Å². The van der Waals surface area contributed by atoms with Crippen LogP contribution in [0, 0.1) is 0 Å². The van der Waals surface area contributed by atoms with Gasteiger partial charge in [0.1, 0.15) is 0 Å². The van der Waals surface area contributed by atoms with Crippen molar-refractivity contribution in [1.29, 1.82) is 0 Å². The predicted octanol–water partition coefficient (Wildman–Crippen LogP) is -1.92.